The van der Waals surface area contributed by atoms with E-state index in [4.69, 9.17) is 9.47 Å². The average molecular weight is 757 g/mol. The van der Waals surface area contributed by atoms with Gasteiger partial charge in [0.2, 0.25) is 5.91 Å². The maximum absolute atomic E-state index is 14.8. The van der Waals surface area contributed by atoms with Gasteiger partial charge in [0.25, 0.3) is 5.69 Å². The number of rotatable bonds is 14. The fourth-order valence-corrected chi connectivity index (χ4v) is 6.86. The largest absolute Gasteiger partial charge is 0.460 e. The van der Waals surface area contributed by atoms with E-state index >= 15 is 0 Å². The van der Waals surface area contributed by atoms with Gasteiger partial charge in [0.1, 0.15) is 11.2 Å². The van der Waals surface area contributed by atoms with Crippen LogP contribution in [0.2, 0.25) is 0 Å². The van der Waals surface area contributed by atoms with Gasteiger partial charge in [-0.25, -0.2) is 0 Å². The van der Waals surface area contributed by atoms with Crippen molar-refractivity contribution in [2.45, 2.75) is 97.4 Å². The van der Waals surface area contributed by atoms with Crippen LogP contribution in [0.25, 0.3) is 27.6 Å². The van der Waals surface area contributed by atoms with Crippen LogP contribution in [0, 0.1) is 16.0 Å². The molecular formula is C47H52N2O7. The van der Waals surface area contributed by atoms with E-state index in [9.17, 15) is 24.5 Å². The van der Waals surface area contributed by atoms with Crippen molar-refractivity contribution in [1.82, 2.24) is 4.90 Å². The number of esters is 2. The average Bonchev–Trinajstić information content (AvgIpc) is 3.13. The number of amides is 1. The molecule has 0 radical (unpaired) electrons. The number of ether oxygens (including phenoxy) is 2. The highest BCUT2D eigenvalue weighted by Crippen LogP contribution is 2.33. The smallest absolute Gasteiger partial charge is 0.310 e. The van der Waals surface area contributed by atoms with Crippen LogP contribution in [-0.2, 0) is 30.4 Å². The third kappa shape index (κ3) is 11.6. The first-order chi connectivity index (χ1) is 26.5. The lowest BCUT2D eigenvalue weighted by molar-refractivity contribution is -0.384. The maximum atomic E-state index is 14.8. The van der Waals surface area contributed by atoms with Gasteiger partial charge in [0.05, 0.1) is 17.3 Å². The molecule has 3 atom stereocenters. The molecule has 0 fully saturated rings. The van der Waals surface area contributed by atoms with E-state index in [0.717, 1.165) is 38.2 Å². The molecule has 56 heavy (non-hydrogen) atoms. The Bertz CT molecular complexity index is 2210. The van der Waals surface area contributed by atoms with Gasteiger partial charge in [-0.15, -0.1) is 0 Å². The number of hydrogen-bond donors (Lipinski definition) is 0. The van der Waals surface area contributed by atoms with Crippen molar-refractivity contribution in [2.75, 3.05) is 0 Å². The van der Waals surface area contributed by atoms with E-state index in [0.29, 0.717) is 6.42 Å². The highest BCUT2D eigenvalue weighted by molar-refractivity contribution is 5.87. The number of fused-ring (bicyclic) bond motifs is 2. The van der Waals surface area contributed by atoms with Gasteiger partial charge in [-0.2, -0.15) is 0 Å². The highest BCUT2D eigenvalue weighted by atomic mass is 16.6. The molecule has 5 aromatic rings. The molecule has 292 valence electrons. The van der Waals surface area contributed by atoms with E-state index in [1.54, 1.807) is 58.6 Å². The molecule has 0 spiro atoms. The zero-order valence-corrected chi connectivity index (χ0v) is 33.4. The van der Waals surface area contributed by atoms with Crippen LogP contribution in [0.1, 0.15) is 90.3 Å². The van der Waals surface area contributed by atoms with E-state index in [1.807, 2.05) is 61.5 Å². The second-order valence-electron chi connectivity index (χ2n) is 16.4. The van der Waals surface area contributed by atoms with Gasteiger partial charge in [0, 0.05) is 37.1 Å². The summed E-state index contributed by atoms with van der Waals surface area (Å²) in [5, 5.41) is 15.9. The van der Waals surface area contributed by atoms with Crippen molar-refractivity contribution in [1.29, 1.82) is 0 Å². The van der Waals surface area contributed by atoms with Crippen LogP contribution in [0.4, 0.5) is 5.69 Å². The number of benzene rings is 5. The number of carbonyl (C=O) groups is 3. The summed E-state index contributed by atoms with van der Waals surface area (Å²) in [6.07, 6.45) is 4.01. The Morgan fingerprint density at radius 1 is 0.732 bits per heavy atom. The topological polar surface area (TPSA) is 116 Å². The number of non-ortho nitro benzene ring substituents is 1. The highest BCUT2D eigenvalue weighted by Gasteiger charge is 2.35. The lowest BCUT2D eigenvalue weighted by Crippen LogP contribution is -2.43. The first-order valence-electron chi connectivity index (χ1n) is 19.1. The summed E-state index contributed by atoms with van der Waals surface area (Å²) < 4.78 is 11.3. The van der Waals surface area contributed by atoms with Gasteiger partial charge in [0.15, 0.2) is 0 Å². The summed E-state index contributed by atoms with van der Waals surface area (Å²) in [6, 6.07) is 34.4. The van der Waals surface area contributed by atoms with Crippen molar-refractivity contribution in [3.63, 3.8) is 0 Å². The summed E-state index contributed by atoms with van der Waals surface area (Å²) >= 11 is 0. The molecule has 0 aliphatic rings. The molecule has 0 bridgehead atoms. The lowest BCUT2D eigenvalue weighted by atomic mass is 9.87. The molecule has 3 unspecified atom stereocenters. The Labute approximate surface area is 329 Å². The molecule has 9 nitrogen and oxygen atoms in total. The van der Waals surface area contributed by atoms with E-state index in [-0.39, 0.29) is 36.9 Å². The lowest BCUT2D eigenvalue weighted by Gasteiger charge is -2.36. The molecule has 5 rings (SSSR count). The van der Waals surface area contributed by atoms with Crippen molar-refractivity contribution in [2.24, 2.45) is 5.92 Å². The minimum Gasteiger partial charge on any atom is -0.460 e. The molecular weight excluding hydrogens is 705 g/mol. The summed E-state index contributed by atoms with van der Waals surface area (Å²) in [4.78, 5) is 54.4. The number of nitro benzene ring substituents is 1. The molecule has 0 saturated carbocycles. The molecule has 0 aliphatic carbocycles. The van der Waals surface area contributed by atoms with Crippen LogP contribution in [0.5, 0.6) is 0 Å². The summed E-state index contributed by atoms with van der Waals surface area (Å²) in [6.45, 7) is 12.7. The molecule has 5 aromatic carbocycles. The van der Waals surface area contributed by atoms with Crippen LogP contribution in [0.3, 0.4) is 0 Å². The predicted molar refractivity (Wildman–Crippen MR) is 222 cm³/mol. The number of allylic oxidation sites excluding steroid dienone is 1. The van der Waals surface area contributed by atoms with Crippen molar-refractivity contribution < 1.29 is 28.8 Å². The second-order valence-corrected chi connectivity index (χ2v) is 16.4. The fourth-order valence-electron chi connectivity index (χ4n) is 6.86. The quantitative estimate of drug-likeness (QED) is 0.0629. The van der Waals surface area contributed by atoms with Crippen molar-refractivity contribution in [3.8, 4) is 0 Å². The monoisotopic (exact) mass is 756 g/mol. The normalized spacial score (nSPS) is 13.6. The molecule has 0 heterocycles. The van der Waals surface area contributed by atoms with Gasteiger partial charge in [-0.1, -0.05) is 97.1 Å². The van der Waals surface area contributed by atoms with Crippen molar-refractivity contribution in [3.05, 3.63) is 142 Å². The molecule has 0 aliphatic heterocycles. The molecule has 0 saturated heterocycles. The summed E-state index contributed by atoms with van der Waals surface area (Å²) in [7, 11) is 0. The first-order valence-corrected chi connectivity index (χ1v) is 19.1. The van der Waals surface area contributed by atoms with Crippen LogP contribution in [-0.4, -0.2) is 44.9 Å². The predicted octanol–water partition coefficient (Wildman–Crippen LogP) is 10.6. The van der Waals surface area contributed by atoms with E-state index in [1.165, 1.54) is 12.1 Å². The Morgan fingerprint density at radius 2 is 1.30 bits per heavy atom. The van der Waals surface area contributed by atoms with Crippen molar-refractivity contribution >= 4 is 51.2 Å². The Morgan fingerprint density at radius 3 is 1.89 bits per heavy atom. The van der Waals surface area contributed by atoms with Gasteiger partial charge >= 0.3 is 11.9 Å². The van der Waals surface area contributed by atoms with Gasteiger partial charge in [-0.05, 0) is 105 Å². The van der Waals surface area contributed by atoms with Gasteiger partial charge in [-0.3, -0.25) is 24.5 Å². The van der Waals surface area contributed by atoms with E-state index in [2.05, 4.69) is 42.5 Å². The number of hydrogen-bond acceptors (Lipinski definition) is 7. The first kappa shape index (κ1) is 41.3. The minimum atomic E-state index is -1.09. The third-order valence-corrected chi connectivity index (χ3v) is 9.56. The summed E-state index contributed by atoms with van der Waals surface area (Å²) in [5.41, 5.74) is 1.07. The van der Waals surface area contributed by atoms with Crippen LogP contribution in [0.15, 0.2) is 115 Å². The zero-order chi connectivity index (χ0) is 40.6. The Balaban J connectivity index is 1.53. The van der Waals surface area contributed by atoms with E-state index < -0.39 is 40.0 Å². The molecule has 9 heteroatoms. The second kappa shape index (κ2) is 17.8. The van der Waals surface area contributed by atoms with Crippen LogP contribution >= 0.6 is 0 Å². The molecule has 1 amide bonds. The third-order valence-electron chi connectivity index (χ3n) is 9.56. The number of carbonyl (C=O) groups excluding carboxylic acids is 3. The fraction of sp³-hybridized carbons (Fsp3) is 0.340. The summed E-state index contributed by atoms with van der Waals surface area (Å²) in [5.74, 6) is -2.98. The number of nitro groups is 1. The Hall–Kier alpha value is -5.83. The van der Waals surface area contributed by atoms with Crippen LogP contribution < -0.4 is 0 Å². The Kier molecular flexibility index (Phi) is 13.1. The standard InChI is InChI=1S/C47H52N2O7/c1-32(42(37-23-25-41(26-24-37)49(53)54)18-12-13-33-19-21-35-14-8-10-16-38(35)27-33)48(31-34-20-22-36-15-9-11-17-39(36)28-34)43(50)29-40(45(52)56-47(5,6)7)30-44(51)55-46(2,3)4/h8-17,19-28,32,40,42H,18,29-31H2,1-7H3. The molecule has 0 aromatic heterocycles. The minimum absolute atomic E-state index is 0.0294. The number of nitrogens with zero attached hydrogens (tertiary/aromatic N) is 2. The SMILES string of the molecule is CC(C(CC=Cc1ccc2ccccc2c1)c1ccc([N+](=O)[O-])cc1)N(Cc1ccc2ccccc2c1)C(=O)CC(CC(=O)OC(C)(C)C)C(=O)OC(C)(C)C. The van der Waals surface area contributed by atoms with Gasteiger partial charge < -0.3 is 14.4 Å². The molecule has 0 N–H and O–H groups in total. The zero-order valence-electron chi connectivity index (χ0n) is 33.4. The maximum Gasteiger partial charge on any atom is 0.310 e.